The van der Waals surface area contributed by atoms with Gasteiger partial charge >= 0.3 is 0 Å². The molecule has 3 heteroatoms. The fraction of sp³-hybridized carbons (Fsp3) is 0.667. The largest absolute Gasteiger partial charge is 0.310 e. The van der Waals surface area contributed by atoms with Gasteiger partial charge in [0, 0.05) is 31.9 Å². The van der Waals surface area contributed by atoms with Crippen molar-refractivity contribution < 1.29 is 0 Å². The summed E-state index contributed by atoms with van der Waals surface area (Å²) in [5, 5.41) is 3.57. The van der Waals surface area contributed by atoms with Crippen molar-refractivity contribution in [1.29, 1.82) is 0 Å². The van der Waals surface area contributed by atoms with E-state index in [0.29, 0.717) is 5.92 Å². The summed E-state index contributed by atoms with van der Waals surface area (Å²) < 4.78 is 0. The molecule has 1 heterocycles. The Morgan fingerprint density at radius 1 is 1.44 bits per heavy atom. The second-order valence-corrected chi connectivity index (χ2v) is 5.85. The first-order chi connectivity index (χ1) is 8.65. The van der Waals surface area contributed by atoms with Crippen molar-refractivity contribution in [3.05, 3.63) is 29.6 Å². The second kappa shape index (κ2) is 6.30. The lowest BCUT2D eigenvalue weighted by Gasteiger charge is -2.20. The minimum Gasteiger partial charge on any atom is -0.310 e. The maximum absolute atomic E-state index is 4.54. The van der Waals surface area contributed by atoms with Gasteiger partial charge in [0.05, 0.1) is 5.69 Å². The number of nitrogens with zero attached hydrogens (tertiary/aromatic N) is 2. The summed E-state index contributed by atoms with van der Waals surface area (Å²) in [6, 6.07) is 4.99. The van der Waals surface area contributed by atoms with Crippen molar-refractivity contribution in [3.8, 4) is 0 Å². The van der Waals surface area contributed by atoms with Gasteiger partial charge in [0.25, 0.3) is 0 Å². The molecule has 0 unspecified atom stereocenters. The van der Waals surface area contributed by atoms with Crippen LogP contribution in [0.2, 0.25) is 0 Å². The van der Waals surface area contributed by atoms with Crippen LogP contribution in [0, 0.1) is 5.92 Å². The predicted octanol–water partition coefficient (Wildman–Crippen LogP) is 2.42. The van der Waals surface area contributed by atoms with Crippen LogP contribution in [-0.2, 0) is 13.1 Å². The highest BCUT2D eigenvalue weighted by Gasteiger charge is 2.20. The third-order valence-electron chi connectivity index (χ3n) is 3.24. The van der Waals surface area contributed by atoms with Gasteiger partial charge in [0.15, 0.2) is 0 Å². The lowest BCUT2D eigenvalue weighted by Crippen LogP contribution is -2.25. The molecule has 0 radical (unpaired) electrons. The standard InChI is InChI=1S/C15H25N3/c1-12(2)10-18(3)11-15-13(5-4-8-16-15)9-17-14-6-7-14/h4-5,8,12,14,17H,6-7,9-11H2,1-3H3. The van der Waals surface area contributed by atoms with E-state index in [0.717, 1.165) is 25.7 Å². The average Bonchev–Trinajstić information content (AvgIpc) is 3.10. The zero-order valence-electron chi connectivity index (χ0n) is 11.8. The van der Waals surface area contributed by atoms with Gasteiger partial charge in [-0.3, -0.25) is 4.98 Å². The fourth-order valence-electron chi connectivity index (χ4n) is 2.26. The molecule has 3 nitrogen and oxygen atoms in total. The van der Waals surface area contributed by atoms with Crippen LogP contribution >= 0.6 is 0 Å². The minimum absolute atomic E-state index is 0.701. The van der Waals surface area contributed by atoms with Gasteiger partial charge in [-0.2, -0.15) is 0 Å². The normalized spacial score (nSPS) is 15.6. The highest BCUT2D eigenvalue weighted by atomic mass is 15.1. The summed E-state index contributed by atoms with van der Waals surface area (Å²) >= 11 is 0. The number of hydrogen-bond acceptors (Lipinski definition) is 3. The highest BCUT2D eigenvalue weighted by Crippen LogP contribution is 2.20. The second-order valence-electron chi connectivity index (χ2n) is 5.85. The van der Waals surface area contributed by atoms with E-state index in [1.807, 2.05) is 12.3 Å². The molecule has 1 aliphatic carbocycles. The number of nitrogens with one attached hydrogen (secondary N) is 1. The van der Waals surface area contributed by atoms with Crippen molar-refractivity contribution in [1.82, 2.24) is 15.2 Å². The molecule has 0 atom stereocenters. The maximum atomic E-state index is 4.54. The van der Waals surface area contributed by atoms with Crippen molar-refractivity contribution in [3.63, 3.8) is 0 Å². The molecule has 1 aromatic rings. The van der Waals surface area contributed by atoms with Crippen LogP contribution < -0.4 is 5.32 Å². The van der Waals surface area contributed by atoms with Gasteiger partial charge in [0.1, 0.15) is 0 Å². The Balaban J connectivity index is 1.92. The maximum Gasteiger partial charge on any atom is 0.0588 e. The van der Waals surface area contributed by atoms with Gasteiger partial charge in [-0.25, -0.2) is 0 Å². The van der Waals surface area contributed by atoms with Gasteiger partial charge in [-0.1, -0.05) is 19.9 Å². The minimum atomic E-state index is 0.701. The van der Waals surface area contributed by atoms with E-state index in [-0.39, 0.29) is 0 Å². The van der Waals surface area contributed by atoms with Gasteiger partial charge in [-0.05, 0) is 37.4 Å². The molecule has 1 N–H and O–H groups in total. The molecule has 18 heavy (non-hydrogen) atoms. The van der Waals surface area contributed by atoms with Gasteiger partial charge in [0.2, 0.25) is 0 Å². The van der Waals surface area contributed by atoms with Crippen molar-refractivity contribution in [2.24, 2.45) is 5.92 Å². The summed E-state index contributed by atoms with van der Waals surface area (Å²) in [6.07, 6.45) is 4.57. The molecular weight excluding hydrogens is 222 g/mol. The lowest BCUT2D eigenvalue weighted by molar-refractivity contribution is 0.284. The Morgan fingerprint density at radius 3 is 2.89 bits per heavy atom. The van der Waals surface area contributed by atoms with Crippen molar-refractivity contribution in [2.75, 3.05) is 13.6 Å². The molecular formula is C15H25N3. The summed E-state index contributed by atoms with van der Waals surface area (Å²) in [5.41, 5.74) is 2.56. The SMILES string of the molecule is CC(C)CN(C)Cc1ncccc1CNC1CC1. The van der Waals surface area contributed by atoms with E-state index < -0.39 is 0 Å². The molecule has 0 amide bonds. The van der Waals surface area contributed by atoms with Crippen LogP contribution in [0.3, 0.4) is 0 Å². The molecule has 100 valence electrons. The Kier molecular flexibility index (Phi) is 4.72. The molecule has 0 saturated heterocycles. The molecule has 1 aliphatic rings. The van der Waals surface area contributed by atoms with Crippen LogP contribution in [0.5, 0.6) is 0 Å². The molecule has 0 aromatic carbocycles. The van der Waals surface area contributed by atoms with E-state index in [1.54, 1.807) is 0 Å². The first-order valence-electron chi connectivity index (χ1n) is 7.00. The number of rotatable bonds is 7. The average molecular weight is 247 g/mol. The van der Waals surface area contributed by atoms with E-state index in [2.05, 4.69) is 42.2 Å². The first-order valence-corrected chi connectivity index (χ1v) is 7.00. The number of pyridine rings is 1. The van der Waals surface area contributed by atoms with Crippen LogP contribution in [0.1, 0.15) is 37.9 Å². The van der Waals surface area contributed by atoms with E-state index in [4.69, 9.17) is 0 Å². The number of hydrogen-bond donors (Lipinski definition) is 1. The van der Waals surface area contributed by atoms with Crippen LogP contribution in [0.4, 0.5) is 0 Å². The van der Waals surface area contributed by atoms with E-state index in [9.17, 15) is 0 Å². The Labute approximate surface area is 111 Å². The molecule has 0 aliphatic heterocycles. The molecule has 1 saturated carbocycles. The van der Waals surface area contributed by atoms with Crippen LogP contribution in [0.25, 0.3) is 0 Å². The molecule has 1 aromatic heterocycles. The summed E-state index contributed by atoms with van der Waals surface area (Å²) in [4.78, 5) is 6.90. The van der Waals surface area contributed by atoms with Gasteiger partial charge < -0.3 is 10.2 Å². The molecule has 0 spiro atoms. The summed E-state index contributed by atoms with van der Waals surface area (Å²) in [5.74, 6) is 0.701. The predicted molar refractivity (Wildman–Crippen MR) is 75.3 cm³/mol. The van der Waals surface area contributed by atoms with Crippen LogP contribution in [0.15, 0.2) is 18.3 Å². The Morgan fingerprint density at radius 2 is 2.22 bits per heavy atom. The summed E-state index contributed by atoms with van der Waals surface area (Å²) in [6.45, 7) is 7.53. The molecule has 2 rings (SSSR count). The zero-order chi connectivity index (χ0) is 13.0. The Bertz CT molecular complexity index is 372. The lowest BCUT2D eigenvalue weighted by atomic mass is 10.1. The Hall–Kier alpha value is -0.930. The number of aromatic nitrogens is 1. The molecule has 0 bridgehead atoms. The highest BCUT2D eigenvalue weighted by molar-refractivity contribution is 5.19. The first kappa shape index (κ1) is 13.5. The quantitative estimate of drug-likeness (QED) is 0.802. The smallest absolute Gasteiger partial charge is 0.0588 e. The summed E-state index contributed by atoms with van der Waals surface area (Å²) in [7, 11) is 2.17. The topological polar surface area (TPSA) is 28.2 Å². The van der Waals surface area contributed by atoms with Crippen LogP contribution in [-0.4, -0.2) is 29.5 Å². The van der Waals surface area contributed by atoms with Crippen molar-refractivity contribution in [2.45, 2.75) is 45.8 Å². The van der Waals surface area contributed by atoms with Crippen molar-refractivity contribution >= 4 is 0 Å². The monoisotopic (exact) mass is 247 g/mol. The fourth-order valence-corrected chi connectivity index (χ4v) is 2.26. The van der Waals surface area contributed by atoms with E-state index in [1.165, 1.54) is 24.1 Å². The van der Waals surface area contributed by atoms with E-state index >= 15 is 0 Å². The van der Waals surface area contributed by atoms with Gasteiger partial charge in [-0.15, -0.1) is 0 Å². The third kappa shape index (κ3) is 4.39. The third-order valence-corrected chi connectivity index (χ3v) is 3.24. The molecule has 1 fully saturated rings. The zero-order valence-corrected chi connectivity index (χ0v) is 11.8.